The Labute approximate surface area is 177 Å². The average Bonchev–Trinajstić information content (AvgIpc) is 3.18. The zero-order chi connectivity index (χ0) is 18.1. The van der Waals surface area contributed by atoms with Gasteiger partial charge in [-0.25, -0.2) is 0 Å². The van der Waals surface area contributed by atoms with Gasteiger partial charge in [0.05, 0.1) is 14.2 Å². The second-order valence-electron chi connectivity index (χ2n) is 5.74. The quantitative estimate of drug-likeness (QED) is 0.336. The van der Waals surface area contributed by atoms with E-state index in [2.05, 4.69) is 46.1 Å². The van der Waals surface area contributed by atoms with Crippen molar-refractivity contribution in [3.8, 4) is 11.5 Å². The van der Waals surface area contributed by atoms with Crippen LogP contribution >= 0.6 is 35.3 Å². The van der Waals surface area contributed by atoms with Gasteiger partial charge in [0.1, 0.15) is 0 Å². The molecule has 7 heteroatoms. The van der Waals surface area contributed by atoms with E-state index in [1.54, 1.807) is 32.6 Å². The van der Waals surface area contributed by atoms with Gasteiger partial charge in [-0.2, -0.15) is 0 Å². The molecule has 0 aliphatic heterocycles. The molecule has 0 fully saturated rings. The lowest BCUT2D eigenvalue weighted by molar-refractivity contribution is 0.354. The predicted molar refractivity (Wildman–Crippen MR) is 121 cm³/mol. The minimum Gasteiger partial charge on any atom is -0.493 e. The molecule has 0 aliphatic carbocycles. The molecule has 26 heavy (non-hydrogen) atoms. The number of halogens is 1. The maximum absolute atomic E-state index is 5.35. The van der Waals surface area contributed by atoms with Crippen LogP contribution < -0.4 is 20.1 Å². The fourth-order valence-electron chi connectivity index (χ4n) is 2.50. The van der Waals surface area contributed by atoms with Crippen LogP contribution in [0.2, 0.25) is 0 Å². The summed E-state index contributed by atoms with van der Waals surface area (Å²) in [7, 11) is 5.09. The molecule has 0 amide bonds. The van der Waals surface area contributed by atoms with Crippen molar-refractivity contribution in [1.29, 1.82) is 0 Å². The van der Waals surface area contributed by atoms with Crippen LogP contribution in [0, 0.1) is 0 Å². The van der Waals surface area contributed by atoms with E-state index >= 15 is 0 Å². The summed E-state index contributed by atoms with van der Waals surface area (Å²) in [5.41, 5.74) is 1.19. The second kappa shape index (κ2) is 12.0. The van der Waals surface area contributed by atoms with Crippen LogP contribution in [-0.2, 0) is 6.42 Å². The Morgan fingerprint density at radius 3 is 2.54 bits per heavy atom. The van der Waals surface area contributed by atoms with E-state index in [0.29, 0.717) is 5.92 Å². The Hall–Kier alpha value is -1.48. The number of nitrogens with one attached hydrogen (secondary N) is 2. The average molecular weight is 489 g/mol. The minimum atomic E-state index is 0. The molecular formula is C19H28IN3O2S. The van der Waals surface area contributed by atoms with E-state index in [0.717, 1.165) is 37.0 Å². The standard InChI is InChI=1S/C19H27N3O2S.HI/c1-14(18-6-5-11-25-18)13-22-19(20-2)21-10-9-15-7-8-16(23-3)17(12-15)24-4;/h5-8,11-12,14H,9-10,13H2,1-4H3,(H2,20,21,22);1H. The van der Waals surface area contributed by atoms with E-state index in [4.69, 9.17) is 9.47 Å². The second-order valence-corrected chi connectivity index (χ2v) is 6.71. The summed E-state index contributed by atoms with van der Waals surface area (Å²) in [4.78, 5) is 5.67. The molecule has 0 radical (unpaired) electrons. The number of aliphatic imine (C=N–C) groups is 1. The van der Waals surface area contributed by atoms with Crippen LogP contribution in [0.3, 0.4) is 0 Å². The van der Waals surface area contributed by atoms with Gasteiger partial charge in [-0.15, -0.1) is 35.3 Å². The molecule has 1 aromatic carbocycles. The largest absolute Gasteiger partial charge is 0.493 e. The van der Waals surface area contributed by atoms with E-state index in [9.17, 15) is 0 Å². The van der Waals surface area contributed by atoms with E-state index in [1.807, 2.05) is 12.1 Å². The fraction of sp³-hybridized carbons (Fsp3) is 0.421. The summed E-state index contributed by atoms with van der Waals surface area (Å²) < 4.78 is 10.6. The molecule has 0 saturated heterocycles. The number of nitrogens with zero attached hydrogens (tertiary/aromatic N) is 1. The Morgan fingerprint density at radius 2 is 1.92 bits per heavy atom. The topological polar surface area (TPSA) is 54.9 Å². The first-order valence-corrected chi connectivity index (χ1v) is 9.24. The summed E-state index contributed by atoms with van der Waals surface area (Å²) in [6.45, 7) is 3.87. The Bertz CT molecular complexity index is 677. The fourth-order valence-corrected chi connectivity index (χ4v) is 3.29. The van der Waals surface area contributed by atoms with Crippen LogP contribution in [0.25, 0.3) is 0 Å². The number of benzene rings is 1. The molecule has 2 aromatic rings. The number of hydrogen-bond donors (Lipinski definition) is 2. The molecule has 0 aliphatic rings. The zero-order valence-electron chi connectivity index (χ0n) is 15.7. The number of guanidine groups is 1. The normalized spacial score (nSPS) is 12.1. The molecule has 0 saturated carbocycles. The van der Waals surface area contributed by atoms with Crippen molar-refractivity contribution < 1.29 is 9.47 Å². The highest BCUT2D eigenvalue weighted by molar-refractivity contribution is 14.0. The van der Waals surface area contributed by atoms with E-state index in [-0.39, 0.29) is 24.0 Å². The molecule has 5 nitrogen and oxygen atoms in total. The van der Waals surface area contributed by atoms with E-state index in [1.165, 1.54) is 10.4 Å². The number of methoxy groups -OCH3 is 2. The molecule has 0 spiro atoms. The SMILES string of the molecule is CN=C(NCCc1ccc(OC)c(OC)c1)NCC(C)c1cccs1.I. The highest BCUT2D eigenvalue weighted by Gasteiger charge is 2.08. The van der Waals surface area contributed by atoms with Crippen LogP contribution in [0.1, 0.15) is 23.3 Å². The van der Waals surface area contributed by atoms with Gasteiger partial charge in [0, 0.05) is 30.9 Å². The highest BCUT2D eigenvalue weighted by atomic mass is 127. The number of thiophene rings is 1. The minimum absolute atomic E-state index is 0. The molecule has 0 bridgehead atoms. The van der Waals surface area contributed by atoms with Crippen molar-refractivity contribution >= 4 is 41.3 Å². The maximum Gasteiger partial charge on any atom is 0.191 e. The van der Waals surface area contributed by atoms with Gasteiger partial charge in [0.25, 0.3) is 0 Å². The van der Waals surface area contributed by atoms with Gasteiger partial charge in [0.2, 0.25) is 0 Å². The Morgan fingerprint density at radius 1 is 1.15 bits per heavy atom. The van der Waals surface area contributed by atoms with Crippen molar-refractivity contribution in [3.63, 3.8) is 0 Å². The van der Waals surface area contributed by atoms with Gasteiger partial charge in [-0.1, -0.05) is 19.1 Å². The van der Waals surface area contributed by atoms with Crippen molar-refractivity contribution in [1.82, 2.24) is 10.6 Å². The van der Waals surface area contributed by atoms with Crippen molar-refractivity contribution in [2.45, 2.75) is 19.3 Å². The van der Waals surface area contributed by atoms with Gasteiger partial charge in [-0.3, -0.25) is 4.99 Å². The van der Waals surface area contributed by atoms with Gasteiger partial charge in [-0.05, 0) is 35.6 Å². The van der Waals surface area contributed by atoms with Gasteiger partial charge < -0.3 is 20.1 Å². The molecule has 2 rings (SSSR count). The van der Waals surface area contributed by atoms with Gasteiger partial charge >= 0.3 is 0 Å². The molecule has 1 heterocycles. The number of hydrogen-bond acceptors (Lipinski definition) is 4. The number of rotatable bonds is 8. The Balaban J connectivity index is 0.00000338. The lowest BCUT2D eigenvalue weighted by Crippen LogP contribution is -2.39. The van der Waals surface area contributed by atoms with Crippen molar-refractivity contribution in [2.24, 2.45) is 4.99 Å². The van der Waals surface area contributed by atoms with Gasteiger partial charge in [0.15, 0.2) is 17.5 Å². The lowest BCUT2D eigenvalue weighted by Gasteiger charge is -2.15. The van der Waals surface area contributed by atoms with Crippen LogP contribution in [0.4, 0.5) is 0 Å². The predicted octanol–water partition coefficient (Wildman–Crippen LogP) is 3.89. The van der Waals surface area contributed by atoms with Crippen molar-refractivity contribution in [2.75, 3.05) is 34.4 Å². The zero-order valence-corrected chi connectivity index (χ0v) is 18.9. The third kappa shape index (κ3) is 6.68. The molecule has 2 N–H and O–H groups in total. The highest BCUT2D eigenvalue weighted by Crippen LogP contribution is 2.27. The van der Waals surface area contributed by atoms with Crippen LogP contribution in [0.5, 0.6) is 11.5 Å². The number of ether oxygens (including phenoxy) is 2. The first kappa shape index (κ1) is 22.6. The molecule has 144 valence electrons. The maximum atomic E-state index is 5.35. The summed E-state index contributed by atoms with van der Waals surface area (Å²) in [6, 6.07) is 10.3. The first-order valence-electron chi connectivity index (χ1n) is 8.36. The molecular weight excluding hydrogens is 461 g/mol. The molecule has 1 aromatic heterocycles. The van der Waals surface area contributed by atoms with Crippen LogP contribution in [0.15, 0.2) is 40.7 Å². The molecule has 1 unspecified atom stereocenters. The molecule has 1 atom stereocenters. The van der Waals surface area contributed by atoms with Crippen molar-refractivity contribution in [3.05, 3.63) is 46.2 Å². The summed E-state index contributed by atoms with van der Waals surface area (Å²) in [6.07, 6.45) is 0.877. The van der Waals surface area contributed by atoms with Crippen LogP contribution in [-0.4, -0.2) is 40.3 Å². The summed E-state index contributed by atoms with van der Waals surface area (Å²) in [5.74, 6) is 2.79. The summed E-state index contributed by atoms with van der Waals surface area (Å²) >= 11 is 1.79. The smallest absolute Gasteiger partial charge is 0.191 e. The lowest BCUT2D eigenvalue weighted by atomic mass is 10.1. The third-order valence-corrected chi connectivity index (χ3v) is 5.09. The monoisotopic (exact) mass is 489 g/mol. The van der Waals surface area contributed by atoms with E-state index < -0.39 is 0 Å². The Kier molecular flexibility index (Phi) is 10.4. The summed E-state index contributed by atoms with van der Waals surface area (Å²) in [5, 5.41) is 8.85. The third-order valence-electron chi connectivity index (χ3n) is 3.98. The first-order chi connectivity index (χ1) is 12.2.